The Balaban J connectivity index is 2.05. The summed E-state index contributed by atoms with van der Waals surface area (Å²) in [7, 11) is 2.79. The van der Waals surface area contributed by atoms with Crippen molar-refractivity contribution in [3.05, 3.63) is 64.2 Å². The van der Waals surface area contributed by atoms with Crippen LogP contribution in [0, 0.1) is 10.1 Å². The van der Waals surface area contributed by atoms with E-state index in [9.17, 15) is 19.8 Å². The molecule has 27 heavy (non-hydrogen) atoms. The van der Waals surface area contributed by atoms with Gasteiger partial charge in [-0.1, -0.05) is 0 Å². The van der Waals surface area contributed by atoms with E-state index >= 15 is 0 Å². The van der Waals surface area contributed by atoms with Gasteiger partial charge in [0.15, 0.2) is 0 Å². The normalized spacial score (nSPS) is 13.0. The lowest BCUT2D eigenvalue weighted by Gasteiger charge is -2.24. The molecule has 2 aromatic rings. The zero-order chi connectivity index (χ0) is 20.0. The molecule has 2 rings (SSSR count). The molecule has 0 heterocycles. The maximum atomic E-state index is 11.4. The second-order valence-electron chi connectivity index (χ2n) is 5.19. The molecular weight excluding hydrogens is 393 g/mol. The number of rotatable bonds is 7. The fourth-order valence-corrected chi connectivity index (χ4v) is 2.94. The Morgan fingerprint density at radius 1 is 1.26 bits per heavy atom. The Morgan fingerprint density at radius 2 is 1.85 bits per heavy atom. The quantitative estimate of drug-likeness (QED) is 0.185. The second kappa shape index (κ2) is 8.72. The van der Waals surface area contributed by atoms with Crippen molar-refractivity contribution in [3.63, 3.8) is 0 Å². The van der Waals surface area contributed by atoms with Crippen molar-refractivity contribution in [2.24, 2.45) is 4.99 Å². The highest BCUT2D eigenvalue weighted by Crippen LogP contribution is 2.45. The largest absolute Gasteiger partial charge is 0.465 e. The van der Waals surface area contributed by atoms with E-state index in [-0.39, 0.29) is 11.4 Å². The third-order valence-electron chi connectivity index (χ3n) is 3.33. The predicted octanol–water partition coefficient (Wildman–Crippen LogP) is 3.27. The van der Waals surface area contributed by atoms with E-state index in [1.165, 1.54) is 49.4 Å². The van der Waals surface area contributed by atoms with E-state index < -0.39 is 17.5 Å². The molecule has 0 aliphatic carbocycles. The fraction of sp³-hybridized carbons (Fsp3) is 0.125. The van der Waals surface area contributed by atoms with Crippen molar-refractivity contribution in [3.8, 4) is 5.75 Å². The first-order valence-electron chi connectivity index (χ1n) is 7.45. The standard InChI is InChI=1S/C16H16N3O6PS/c1-18(11-17-13-5-3-12(4-6-13)16(20)24-2)26(23,27)25-15-9-7-14(8-10-15)19(21)22/h3-11H,1-2H3,(H,23,27). The van der Waals surface area contributed by atoms with Crippen LogP contribution in [0.1, 0.15) is 10.4 Å². The molecular formula is C16H16N3O6PS. The predicted molar refractivity (Wildman–Crippen MR) is 104 cm³/mol. The molecule has 9 nitrogen and oxygen atoms in total. The number of non-ortho nitro benzene ring substituents is 1. The molecule has 0 fully saturated rings. The molecule has 0 saturated heterocycles. The Hall–Kier alpha value is -2.81. The highest BCUT2D eigenvalue weighted by molar-refractivity contribution is 8.08. The van der Waals surface area contributed by atoms with E-state index in [1.807, 2.05) is 0 Å². The van der Waals surface area contributed by atoms with E-state index in [0.717, 1.165) is 0 Å². The SMILES string of the molecule is COC(=O)c1ccc(N=CN(C)P(O)(=S)Oc2ccc([N+](=O)[O-])cc2)cc1. The molecule has 2 aromatic carbocycles. The average molecular weight is 409 g/mol. The lowest BCUT2D eigenvalue weighted by molar-refractivity contribution is -0.384. The summed E-state index contributed by atoms with van der Waals surface area (Å²) in [5.41, 5.74) is 0.817. The van der Waals surface area contributed by atoms with Gasteiger partial charge in [-0.25, -0.2) is 9.79 Å². The molecule has 1 atom stereocenters. The van der Waals surface area contributed by atoms with Gasteiger partial charge in [-0.15, -0.1) is 0 Å². The number of hydrogen-bond donors (Lipinski definition) is 1. The number of esters is 1. The summed E-state index contributed by atoms with van der Waals surface area (Å²) in [6.45, 7) is -3.44. The molecule has 0 bridgehead atoms. The topological polar surface area (TPSA) is 114 Å². The molecule has 0 radical (unpaired) electrons. The van der Waals surface area contributed by atoms with Crippen LogP contribution in [0.5, 0.6) is 5.75 Å². The number of benzene rings is 2. The molecule has 0 aliphatic rings. The van der Waals surface area contributed by atoms with E-state index in [2.05, 4.69) is 9.73 Å². The van der Waals surface area contributed by atoms with Crippen LogP contribution in [0.25, 0.3) is 0 Å². The number of aliphatic imine (C=N–C) groups is 1. The molecule has 0 saturated carbocycles. The smallest absolute Gasteiger partial charge is 0.340 e. The van der Waals surface area contributed by atoms with Gasteiger partial charge in [0.05, 0.1) is 29.6 Å². The minimum absolute atomic E-state index is 0.0982. The van der Waals surface area contributed by atoms with Crippen molar-refractivity contribution < 1.29 is 23.9 Å². The molecule has 0 amide bonds. The van der Waals surface area contributed by atoms with Crippen LogP contribution in [-0.4, -0.2) is 41.0 Å². The highest BCUT2D eigenvalue weighted by Gasteiger charge is 2.21. The van der Waals surface area contributed by atoms with E-state index in [0.29, 0.717) is 11.3 Å². The molecule has 0 aliphatic heterocycles. The Bertz CT molecular complexity index is 901. The van der Waals surface area contributed by atoms with Crippen molar-refractivity contribution >= 4 is 42.1 Å². The number of ether oxygens (including phenoxy) is 1. The molecule has 0 aromatic heterocycles. The minimum Gasteiger partial charge on any atom is -0.465 e. The van der Waals surface area contributed by atoms with Gasteiger partial charge >= 0.3 is 12.6 Å². The van der Waals surface area contributed by atoms with Gasteiger partial charge in [0.1, 0.15) is 5.75 Å². The fourth-order valence-electron chi connectivity index (χ4n) is 1.85. The Morgan fingerprint density at radius 3 is 2.37 bits per heavy atom. The number of nitro benzene ring substituents is 1. The minimum atomic E-state index is -3.44. The van der Waals surface area contributed by atoms with Crippen LogP contribution in [0.3, 0.4) is 0 Å². The monoisotopic (exact) mass is 409 g/mol. The van der Waals surface area contributed by atoms with E-state index in [1.54, 1.807) is 24.3 Å². The summed E-state index contributed by atoms with van der Waals surface area (Å²) in [4.78, 5) is 36.0. The van der Waals surface area contributed by atoms with Gasteiger partial charge in [0.25, 0.3) is 5.69 Å². The van der Waals surface area contributed by atoms with Crippen LogP contribution in [-0.2, 0) is 16.5 Å². The number of methoxy groups -OCH3 is 1. The summed E-state index contributed by atoms with van der Waals surface area (Å²) < 4.78 is 11.2. The zero-order valence-corrected chi connectivity index (χ0v) is 16.1. The first-order valence-corrected chi connectivity index (χ1v) is 10.1. The first kappa shape index (κ1) is 20.5. The third kappa shape index (κ3) is 5.58. The number of carbonyl (C=O) groups excluding carboxylic acids is 1. The number of carbonyl (C=O) groups is 1. The van der Waals surface area contributed by atoms with Gasteiger partial charge in [0.2, 0.25) is 0 Å². The van der Waals surface area contributed by atoms with Crippen LogP contribution < -0.4 is 4.52 Å². The van der Waals surface area contributed by atoms with Gasteiger partial charge < -0.3 is 14.2 Å². The van der Waals surface area contributed by atoms with Crippen molar-refractivity contribution in [2.45, 2.75) is 0 Å². The van der Waals surface area contributed by atoms with Crippen LogP contribution in [0.4, 0.5) is 11.4 Å². The molecule has 1 unspecified atom stereocenters. The molecule has 1 N–H and O–H groups in total. The molecule has 142 valence electrons. The van der Waals surface area contributed by atoms with Gasteiger partial charge in [-0.05, 0) is 48.2 Å². The Labute approximate surface area is 160 Å². The summed E-state index contributed by atoms with van der Waals surface area (Å²) in [5, 5.41) is 10.7. The highest BCUT2D eigenvalue weighted by atomic mass is 32.5. The Kier molecular flexibility index (Phi) is 6.62. The second-order valence-corrected chi connectivity index (χ2v) is 8.41. The summed E-state index contributed by atoms with van der Waals surface area (Å²) in [5.74, 6) is -0.251. The summed E-state index contributed by atoms with van der Waals surface area (Å²) in [6, 6.07) is 11.5. The van der Waals surface area contributed by atoms with Crippen molar-refractivity contribution in [1.29, 1.82) is 0 Å². The van der Waals surface area contributed by atoms with Gasteiger partial charge in [-0.2, -0.15) is 0 Å². The van der Waals surface area contributed by atoms with E-state index in [4.69, 9.17) is 16.3 Å². The molecule has 0 spiro atoms. The van der Waals surface area contributed by atoms with Crippen LogP contribution in [0.2, 0.25) is 0 Å². The van der Waals surface area contributed by atoms with Gasteiger partial charge in [-0.3, -0.25) is 14.8 Å². The van der Waals surface area contributed by atoms with Crippen molar-refractivity contribution in [1.82, 2.24) is 4.67 Å². The maximum Gasteiger partial charge on any atom is 0.340 e. The van der Waals surface area contributed by atoms with Crippen molar-refractivity contribution in [2.75, 3.05) is 14.2 Å². The number of nitrogens with zero attached hydrogens (tertiary/aromatic N) is 3. The summed E-state index contributed by atoms with van der Waals surface area (Å²) >= 11 is 5.10. The third-order valence-corrected chi connectivity index (χ3v) is 5.68. The first-order chi connectivity index (χ1) is 12.7. The lowest BCUT2D eigenvalue weighted by Crippen LogP contribution is -2.15. The molecule has 11 heteroatoms. The van der Waals surface area contributed by atoms with Crippen LogP contribution >= 0.6 is 6.64 Å². The number of nitro groups is 1. The average Bonchev–Trinajstić information content (AvgIpc) is 2.65. The zero-order valence-electron chi connectivity index (χ0n) is 14.4. The maximum absolute atomic E-state index is 11.4. The van der Waals surface area contributed by atoms with Gasteiger partial charge in [0, 0.05) is 19.2 Å². The van der Waals surface area contributed by atoms with Crippen LogP contribution in [0.15, 0.2) is 53.5 Å². The summed E-state index contributed by atoms with van der Waals surface area (Å²) in [6.07, 6.45) is 1.30. The number of hydrogen-bond acceptors (Lipinski definition) is 7. The lowest BCUT2D eigenvalue weighted by atomic mass is 10.2.